The summed E-state index contributed by atoms with van der Waals surface area (Å²) >= 11 is 0. The van der Waals surface area contributed by atoms with E-state index in [2.05, 4.69) is 4.74 Å². The second-order valence-electron chi connectivity index (χ2n) is 10.2. The molecule has 1 aliphatic heterocycles. The van der Waals surface area contributed by atoms with Crippen molar-refractivity contribution < 1.29 is 58.6 Å². The third-order valence-electron chi connectivity index (χ3n) is 8.23. The summed E-state index contributed by atoms with van der Waals surface area (Å²) in [5.74, 6) is -4.58. The van der Waals surface area contributed by atoms with E-state index in [1.807, 2.05) is 12.1 Å². The highest BCUT2D eigenvalue weighted by atomic mass is 16.6. The Balaban J connectivity index is 1.36. The van der Waals surface area contributed by atoms with Gasteiger partial charge in [-0.2, -0.15) is 0 Å². The van der Waals surface area contributed by atoms with E-state index in [1.54, 1.807) is 6.08 Å². The van der Waals surface area contributed by atoms with E-state index in [0.29, 0.717) is 24.3 Å². The Morgan fingerprint density at radius 3 is 2.63 bits per heavy atom. The Morgan fingerprint density at radius 2 is 1.95 bits per heavy atom. The molecular formula is C26H28O12. The highest BCUT2D eigenvalue weighted by Gasteiger charge is 2.70. The van der Waals surface area contributed by atoms with Gasteiger partial charge < -0.3 is 39.4 Å². The molecule has 1 aromatic carbocycles. The minimum Gasteiger partial charge on any atom is -0.493 e. The molecule has 1 heterocycles. The van der Waals surface area contributed by atoms with E-state index < -0.39 is 66.0 Å². The number of hydrogen-bond donors (Lipinski definition) is 4. The number of carbonyl (C=O) groups is 4. The van der Waals surface area contributed by atoms with Crippen LogP contribution in [0.4, 0.5) is 0 Å². The van der Waals surface area contributed by atoms with Crippen LogP contribution in [0.5, 0.6) is 11.5 Å². The number of methoxy groups -OCH3 is 1. The van der Waals surface area contributed by atoms with Crippen LogP contribution in [0.2, 0.25) is 0 Å². The standard InChI is InChI=1S/C26H28O12/c1-35-15-5-4-12-9-13-3-2-7-25-20(12)21(15)38-22(25)16(6-8-26(13,25)34)36-19(30)10-14(27)24(33)37-17(23(31)32)11-18(28)29/h4-6,13-14,17,22,27,34H,2-3,7-11H2,1H3,(H,28,29)(H,31,32)/t13-,14-,17+,22+,25+,26-/m0/s1. The van der Waals surface area contributed by atoms with Crippen LogP contribution < -0.4 is 9.47 Å². The number of aliphatic hydroxyl groups is 2. The van der Waals surface area contributed by atoms with Crippen molar-refractivity contribution in [2.75, 3.05) is 7.11 Å². The monoisotopic (exact) mass is 532 g/mol. The number of aliphatic hydroxyl groups excluding tert-OH is 1. The molecule has 0 amide bonds. The Morgan fingerprint density at radius 1 is 1.18 bits per heavy atom. The van der Waals surface area contributed by atoms with Crippen molar-refractivity contribution in [2.24, 2.45) is 5.92 Å². The summed E-state index contributed by atoms with van der Waals surface area (Å²) in [5, 5.41) is 40.0. The molecule has 2 bridgehead atoms. The van der Waals surface area contributed by atoms with E-state index in [0.717, 1.165) is 24.0 Å². The van der Waals surface area contributed by atoms with E-state index in [9.17, 15) is 29.4 Å². The van der Waals surface area contributed by atoms with Crippen LogP contribution in [-0.2, 0) is 40.5 Å². The quantitative estimate of drug-likeness (QED) is 0.329. The first-order valence-corrected chi connectivity index (χ1v) is 12.3. The normalized spacial score (nSPS) is 29.6. The van der Waals surface area contributed by atoms with Gasteiger partial charge in [0.25, 0.3) is 0 Å². The fourth-order valence-electron chi connectivity index (χ4n) is 6.65. The molecule has 204 valence electrons. The summed E-state index contributed by atoms with van der Waals surface area (Å²) < 4.78 is 22.0. The summed E-state index contributed by atoms with van der Waals surface area (Å²) in [4.78, 5) is 46.8. The molecule has 0 saturated heterocycles. The summed E-state index contributed by atoms with van der Waals surface area (Å²) in [7, 11) is 1.52. The number of carbonyl (C=O) groups excluding carboxylic acids is 2. The van der Waals surface area contributed by atoms with E-state index in [-0.39, 0.29) is 18.1 Å². The SMILES string of the molecule is COc1ccc2c3c1O[C@@H]1C(OC(=O)C[C@H](O)C(=O)O[C@H](CC(=O)O)C(=O)O)=CC[C@]4(O)[C@@H](CCC[C@@]314)C2. The lowest BCUT2D eigenvalue weighted by atomic mass is 9.47. The Labute approximate surface area is 216 Å². The molecule has 12 heteroatoms. The van der Waals surface area contributed by atoms with Crippen LogP contribution in [0, 0.1) is 5.92 Å². The van der Waals surface area contributed by atoms with Crippen molar-refractivity contribution in [1.82, 2.24) is 0 Å². The minimum absolute atomic E-state index is 0.00716. The third kappa shape index (κ3) is 3.81. The summed E-state index contributed by atoms with van der Waals surface area (Å²) in [5.41, 5.74) is -0.0576. The fourth-order valence-corrected chi connectivity index (χ4v) is 6.65. The van der Waals surface area contributed by atoms with Crippen LogP contribution >= 0.6 is 0 Å². The molecule has 5 rings (SSSR count). The third-order valence-corrected chi connectivity index (χ3v) is 8.23. The largest absolute Gasteiger partial charge is 0.493 e. The first-order chi connectivity index (χ1) is 18.0. The predicted molar refractivity (Wildman–Crippen MR) is 124 cm³/mol. The van der Waals surface area contributed by atoms with Crippen molar-refractivity contribution in [3.8, 4) is 11.5 Å². The zero-order chi connectivity index (χ0) is 27.4. The van der Waals surface area contributed by atoms with Crippen LogP contribution in [0.3, 0.4) is 0 Å². The molecule has 4 aliphatic rings. The number of aliphatic carboxylic acids is 2. The lowest BCUT2D eigenvalue weighted by Gasteiger charge is -2.59. The maximum atomic E-state index is 12.7. The lowest BCUT2D eigenvalue weighted by Crippen LogP contribution is -2.67. The molecular weight excluding hydrogens is 504 g/mol. The molecule has 3 aliphatic carbocycles. The van der Waals surface area contributed by atoms with Crippen molar-refractivity contribution in [2.45, 2.75) is 74.3 Å². The average molecular weight is 532 g/mol. The molecule has 1 aromatic rings. The first kappa shape index (κ1) is 26.0. The van der Waals surface area contributed by atoms with Gasteiger partial charge in [-0.05, 0) is 49.3 Å². The Kier molecular flexibility index (Phi) is 6.35. The second-order valence-corrected chi connectivity index (χ2v) is 10.2. The number of benzene rings is 1. The second kappa shape index (κ2) is 9.28. The van der Waals surface area contributed by atoms with Gasteiger partial charge in [0, 0.05) is 5.56 Å². The van der Waals surface area contributed by atoms with Crippen LogP contribution in [-0.4, -0.2) is 75.3 Å². The van der Waals surface area contributed by atoms with Gasteiger partial charge in [0.15, 0.2) is 23.7 Å². The highest BCUT2D eigenvalue weighted by molar-refractivity contribution is 5.86. The molecule has 1 saturated carbocycles. The zero-order valence-electron chi connectivity index (χ0n) is 20.5. The number of carboxylic acid groups (broad SMARTS) is 2. The summed E-state index contributed by atoms with van der Waals surface area (Å²) in [6.45, 7) is 0. The highest BCUT2D eigenvalue weighted by Crippen LogP contribution is 2.67. The van der Waals surface area contributed by atoms with Crippen LogP contribution in [0.25, 0.3) is 0 Å². The van der Waals surface area contributed by atoms with Crippen LogP contribution in [0.1, 0.15) is 49.7 Å². The summed E-state index contributed by atoms with van der Waals surface area (Å²) in [6, 6.07) is 3.79. The molecule has 0 radical (unpaired) electrons. The number of esters is 2. The topological polar surface area (TPSA) is 186 Å². The number of hydrogen-bond acceptors (Lipinski definition) is 10. The van der Waals surface area contributed by atoms with Crippen molar-refractivity contribution in [3.05, 3.63) is 35.1 Å². The van der Waals surface area contributed by atoms with E-state index >= 15 is 0 Å². The molecule has 4 N–H and O–H groups in total. The average Bonchev–Trinajstić information content (AvgIpc) is 3.19. The molecule has 38 heavy (non-hydrogen) atoms. The van der Waals surface area contributed by atoms with E-state index in [4.69, 9.17) is 24.4 Å². The van der Waals surface area contributed by atoms with Gasteiger partial charge in [-0.15, -0.1) is 0 Å². The van der Waals surface area contributed by atoms with Crippen molar-refractivity contribution in [1.29, 1.82) is 0 Å². The maximum absolute atomic E-state index is 12.7. The molecule has 0 aromatic heterocycles. The number of rotatable bonds is 9. The van der Waals surface area contributed by atoms with Crippen molar-refractivity contribution in [3.63, 3.8) is 0 Å². The van der Waals surface area contributed by atoms with Gasteiger partial charge in [-0.25, -0.2) is 9.59 Å². The van der Waals surface area contributed by atoms with Gasteiger partial charge in [-0.3, -0.25) is 9.59 Å². The molecule has 6 atom stereocenters. The zero-order valence-corrected chi connectivity index (χ0v) is 20.5. The van der Waals surface area contributed by atoms with Crippen LogP contribution in [0.15, 0.2) is 24.0 Å². The summed E-state index contributed by atoms with van der Waals surface area (Å²) in [6.07, 6.45) is -2.03. The Hall–Kier alpha value is -3.64. The number of carboxylic acids is 2. The van der Waals surface area contributed by atoms with Gasteiger partial charge in [0.2, 0.25) is 6.10 Å². The number of ether oxygens (including phenoxy) is 4. The molecule has 1 fully saturated rings. The van der Waals surface area contributed by atoms with Gasteiger partial charge in [0.1, 0.15) is 5.76 Å². The first-order valence-electron chi connectivity index (χ1n) is 12.3. The smallest absolute Gasteiger partial charge is 0.345 e. The predicted octanol–water partition coefficient (Wildman–Crippen LogP) is 0.834. The molecule has 1 spiro atoms. The fraction of sp³-hybridized carbons (Fsp3) is 0.538. The molecule has 0 unspecified atom stereocenters. The van der Waals surface area contributed by atoms with E-state index in [1.165, 1.54) is 7.11 Å². The Bertz CT molecular complexity index is 1240. The minimum atomic E-state index is -2.08. The maximum Gasteiger partial charge on any atom is 0.345 e. The van der Waals surface area contributed by atoms with Gasteiger partial charge >= 0.3 is 23.9 Å². The van der Waals surface area contributed by atoms with Crippen molar-refractivity contribution >= 4 is 23.9 Å². The van der Waals surface area contributed by atoms with Gasteiger partial charge in [0.05, 0.1) is 31.0 Å². The van der Waals surface area contributed by atoms with Gasteiger partial charge in [-0.1, -0.05) is 12.5 Å². The molecule has 12 nitrogen and oxygen atoms in total. The lowest BCUT2D eigenvalue weighted by molar-refractivity contribution is -0.175.